The Labute approximate surface area is 165 Å². The number of rotatable bonds is 5. The van der Waals surface area contributed by atoms with Crippen LogP contribution in [-0.2, 0) is 6.18 Å². The molecule has 1 aromatic carbocycles. The van der Waals surface area contributed by atoms with Gasteiger partial charge >= 0.3 is 12.8 Å². The fourth-order valence-corrected chi connectivity index (χ4v) is 2.76. The average Bonchev–Trinajstić information content (AvgIpc) is 3.10. The lowest BCUT2D eigenvalue weighted by Crippen LogP contribution is -2.09. The number of benzene rings is 1. The minimum Gasteiger partial charge on any atom is -0.435 e. The van der Waals surface area contributed by atoms with Crippen molar-refractivity contribution in [2.45, 2.75) is 12.8 Å². The maximum absolute atomic E-state index is 13.5. The molecule has 0 saturated heterocycles. The van der Waals surface area contributed by atoms with Crippen molar-refractivity contribution in [1.29, 1.82) is 0 Å². The molecule has 30 heavy (non-hydrogen) atoms. The summed E-state index contributed by atoms with van der Waals surface area (Å²) in [4.78, 5) is 15.6. The van der Waals surface area contributed by atoms with Gasteiger partial charge in [-0.3, -0.25) is 14.4 Å². The van der Waals surface area contributed by atoms with E-state index in [0.717, 1.165) is 0 Å². The zero-order valence-corrected chi connectivity index (χ0v) is 14.8. The molecular formula is C18H11F5N6O. The number of imidazole rings is 1. The minimum atomic E-state index is -4.72. The summed E-state index contributed by atoms with van der Waals surface area (Å²) in [6, 6.07) is 5.52. The normalized spacial score (nSPS) is 11.8. The molecule has 4 aromatic rings. The quantitative estimate of drug-likeness (QED) is 0.476. The van der Waals surface area contributed by atoms with Crippen molar-refractivity contribution in [2.75, 3.05) is 5.32 Å². The van der Waals surface area contributed by atoms with Crippen LogP contribution in [0.15, 0.2) is 55.2 Å². The number of anilines is 2. The molecule has 1 N–H and O–H groups in total. The second kappa shape index (κ2) is 7.54. The monoisotopic (exact) mass is 422 g/mol. The molecule has 0 spiro atoms. The van der Waals surface area contributed by atoms with Crippen LogP contribution in [0.2, 0.25) is 0 Å². The van der Waals surface area contributed by atoms with Crippen molar-refractivity contribution in [2.24, 2.45) is 0 Å². The Kier molecular flexibility index (Phi) is 4.90. The smallest absolute Gasteiger partial charge is 0.435 e. The van der Waals surface area contributed by atoms with E-state index < -0.39 is 18.5 Å². The number of aromatic nitrogens is 5. The van der Waals surface area contributed by atoms with Crippen LogP contribution < -0.4 is 10.1 Å². The molecule has 0 amide bonds. The predicted molar refractivity (Wildman–Crippen MR) is 95.4 cm³/mol. The lowest BCUT2D eigenvalue weighted by molar-refractivity contribution is -0.140. The zero-order chi connectivity index (χ0) is 21.3. The fourth-order valence-electron chi connectivity index (χ4n) is 2.76. The van der Waals surface area contributed by atoms with Gasteiger partial charge in [0, 0.05) is 18.1 Å². The number of hydrogen-bond acceptors (Lipinski definition) is 6. The van der Waals surface area contributed by atoms with Gasteiger partial charge in [0.1, 0.15) is 23.0 Å². The van der Waals surface area contributed by atoms with Crippen LogP contribution in [0.3, 0.4) is 0 Å². The Morgan fingerprint density at radius 1 is 0.967 bits per heavy atom. The zero-order valence-electron chi connectivity index (χ0n) is 14.8. The molecule has 4 rings (SSSR count). The maximum atomic E-state index is 13.5. The first-order valence-corrected chi connectivity index (χ1v) is 8.35. The molecule has 0 aliphatic heterocycles. The van der Waals surface area contributed by atoms with Gasteiger partial charge in [-0.15, -0.1) is 0 Å². The van der Waals surface area contributed by atoms with Gasteiger partial charge in [0.05, 0.1) is 18.6 Å². The van der Waals surface area contributed by atoms with E-state index in [1.54, 1.807) is 0 Å². The Balaban J connectivity index is 1.69. The van der Waals surface area contributed by atoms with Crippen LogP contribution in [-0.4, -0.2) is 30.9 Å². The molecule has 3 heterocycles. The molecule has 0 bridgehead atoms. The number of fused-ring (bicyclic) bond motifs is 1. The van der Waals surface area contributed by atoms with Gasteiger partial charge in [-0.1, -0.05) is 0 Å². The Bertz CT molecular complexity index is 1180. The van der Waals surface area contributed by atoms with E-state index in [1.165, 1.54) is 59.7 Å². The molecule has 0 unspecified atom stereocenters. The number of halogens is 5. The standard InChI is InChI=1S/C18H11F5N6O/c19-17(20)30-11-3-1-10(2-4-11)26-13-8-25-7-12(27-13)15-16(18(21,22)23)28-14-9-24-5-6-29(14)15/h1-9,17H,(H,26,27). The van der Waals surface area contributed by atoms with Crippen LogP contribution in [0, 0.1) is 0 Å². The van der Waals surface area contributed by atoms with Crippen LogP contribution in [0.4, 0.5) is 33.5 Å². The average molecular weight is 422 g/mol. The van der Waals surface area contributed by atoms with Crippen molar-refractivity contribution >= 4 is 17.2 Å². The Hall–Kier alpha value is -3.83. The summed E-state index contributed by atoms with van der Waals surface area (Å²) < 4.78 is 70.5. The first-order chi connectivity index (χ1) is 14.3. The number of nitrogens with zero attached hydrogens (tertiary/aromatic N) is 5. The minimum absolute atomic E-state index is 0.00889. The van der Waals surface area contributed by atoms with Gasteiger partial charge in [0.15, 0.2) is 11.3 Å². The highest BCUT2D eigenvalue weighted by Gasteiger charge is 2.38. The number of hydrogen-bond donors (Lipinski definition) is 1. The first-order valence-electron chi connectivity index (χ1n) is 8.35. The van der Waals surface area contributed by atoms with Gasteiger partial charge in [0.2, 0.25) is 0 Å². The van der Waals surface area contributed by atoms with Gasteiger partial charge in [0.25, 0.3) is 0 Å². The third kappa shape index (κ3) is 3.97. The molecule has 7 nitrogen and oxygen atoms in total. The number of nitrogens with one attached hydrogen (secondary N) is 1. The summed E-state index contributed by atoms with van der Waals surface area (Å²) in [5.74, 6) is 0.108. The highest BCUT2D eigenvalue weighted by Crippen LogP contribution is 2.36. The molecule has 0 radical (unpaired) electrons. The largest absolute Gasteiger partial charge is 0.435 e. The Morgan fingerprint density at radius 3 is 2.43 bits per heavy atom. The molecule has 12 heteroatoms. The first kappa shape index (κ1) is 19.5. The predicted octanol–water partition coefficient (Wildman–Crippen LogP) is 4.55. The van der Waals surface area contributed by atoms with Gasteiger partial charge in [-0.05, 0) is 24.3 Å². The molecule has 3 aromatic heterocycles. The van der Waals surface area contributed by atoms with Gasteiger partial charge in [-0.2, -0.15) is 22.0 Å². The van der Waals surface area contributed by atoms with Gasteiger partial charge < -0.3 is 10.1 Å². The van der Waals surface area contributed by atoms with Crippen molar-refractivity contribution in [3.05, 3.63) is 60.9 Å². The second-order valence-corrected chi connectivity index (χ2v) is 5.93. The van der Waals surface area contributed by atoms with Crippen LogP contribution in [0.1, 0.15) is 5.69 Å². The molecular weight excluding hydrogens is 411 g/mol. The highest BCUT2D eigenvalue weighted by atomic mass is 19.4. The number of alkyl halides is 5. The highest BCUT2D eigenvalue weighted by molar-refractivity contribution is 5.66. The molecule has 154 valence electrons. The summed E-state index contributed by atoms with van der Waals surface area (Å²) in [6.07, 6.45) is 1.66. The summed E-state index contributed by atoms with van der Waals surface area (Å²) in [5.41, 5.74) is -1.01. The van der Waals surface area contributed by atoms with E-state index in [-0.39, 0.29) is 28.6 Å². The number of ether oxygens (including phenoxy) is 1. The molecule has 0 atom stereocenters. The lowest BCUT2D eigenvalue weighted by Gasteiger charge is -2.10. The fraction of sp³-hybridized carbons (Fsp3) is 0.111. The van der Waals surface area contributed by atoms with Crippen molar-refractivity contribution in [1.82, 2.24) is 24.3 Å². The second-order valence-electron chi connectivity index (χ2n) is 5.93. The van der Waals surface area contributed by atoms with Crippen LogP contribution in [0.5, 0.6) is 5.75 Å². The topological polar surface area (TPSA) is 77.2 Å². The van der Waals surface area contributed by atoms with Crippen molar-refractivity contribution < 1.29 is 26.7 Å². The molecule has 0 aliphatic carbocycles. The van der Waals surface area contributed by atoms with Crippen molar-refractivity contribution in [3.63, 3.8) is 0 Å². The SMILES string of the molecule is FC(F)Oc1ccc(Nc2cncc(-c3c(C(F)(F)F)nc4cnccn34)n2)cc1. The van der Waals surface area contributed by atoms with Crippen molar-refractivity contribution in [3.8, 4) is 17.1 Å². The molecule has 0 saturated carbocycles. The van der Waals surface area contributed by atoms with Crippen LogP contribution in [0.25, 0.3) is 17.0 Å². The molecule has 0 aliphatic rings. The third-order valence-corrected chi connectivity index (χ3v) is 3.93. The summed E-state index contributed by atoms with van der Waals surface area (Å²) >= 11 is 0. The van der Waals surface area contributed by atoms with Crippen LogP contribution >= 0.6 is 0 Å². The van der Waals surface area contributed by atoms with E-state index in [9.17, 15) is 22.0 Å². The van der Waals surface area contributed by atoms with E-state index in [2.05, 4.69) is 30.0 Å². The lowest BCUT2D eigenvalue weighted by atomic mass is 10.2. The van der Waals surface area contributed by atoms with Gasteiger partial charge in [-0.25, -0.2) is 9.97 Å². The molecule has 0 fully saturated rings. The maximum Gasteiger partial charge on any atom is 0.435 e. The summed E-state index contributed by atoms with van der Waals surface area (Å²) in [5, 5.41) is 2.85. The Morgan fingerprint density at radius 2 is 1.73 bits per heavy atom. The van der Waals surface area contributed by atoms with E-state index in [1.807, 2.05) is 0 Å². The van der Waals surface area contributed by atoms with E-state index in [4.69, 9.17) is 0 Å². The van der Waals surface area contributed by atoms with E-state index >= 15 is 0 Å². The summed E-state index contributed by atoms with van der Waals surface area (Å²) in [7, 11) is 0. The third-order valence-electron chi connectivity index (χ3n) is 3.93. The summed E-state index contributed by atoms with van der Waals surface area (Å²) in [6.45, 7) is -2.95. The van der Waals surface area contributed by atoms with E-state index in [0.29, 0.717) is 5.69 Å².